The second-order valence-corrected chi connectivity index (χ2v) is 13.0. The topological polar surface area (TPSA) is 86.8 Å². The van der Waals surface area contributed by atoms with Crippen molar-refractivity contribution >= 4 is 50.7 Å². The van der Waals surface area contributed by atoms with Gasteiger partial charge < -0.3 is 10.2 Å². The van der Waals surface area contributed by atoms with Crippen molar-refractivity contribution in [3.63, 3.8) is 0 Å². The predicted molar refractivity (Wildman–Crippen MR) is 164 cm³/mol. The summed E-state index contributed by atoms with van der Waals surface area (Å²) < 4.78 is 28.8. The Bertz CT molecular complexity index is 1460. The molecular weight excluding hydrogens is 581 g/mol. The minimum atomic E-state index is -4.11. The van der Waals surface area contributed by atoms with Crippen molar-refractivity contribution in [3.8, 4) is 0 Å². The first-order valence-electron chi connectivity index (χ1n) is 13.8. The third kappa shape index (κ3) is 7.61. The molecule has 3 aromatic carbocycles. The van der Waals surface area contributed by atoms with Gasteiger partial charge in [-0.15, -0.1) is 0 Å². The smallest absolute Gasteiger partial charge is 0.264 e. The van der Waals surface area contributed by atoms with Crippen molar-refractivity contribution in [2.75, 3.05) is 10.8 Å². The molecular formula is C31H35Cl2N3O4S. The molecule has 1 saturated carbocycles. The molecule has 1 atom stereocenters. The van der Waals surface area contributed by atoms with E-state index >= 15 is 0 Å². The number of anilines is 1. The molecule has 1 unspecified atom stereocenters. The van der Waals surface area contributed by atoms with Crippen molar-refractivity contribution in [1.82, 2.24) is 10.2 Å². The Labute approximate surface area is 252 Å². The fourth-order valence-corrected chi connectivity index (χ4v) is 6.98. The number of nitrogens with one attached hydrogen (secondary N) is 1. The average molecular weight is 617 g/mol. The maximum Gasteiger partial charge on any atom is 0.264 e. The number of rotatable bonds is 11. The molecule has 0 saturated heterocycles. The molecule has 1 aliphatic carbocycles. The molecule has 0 heterocycles. The van der Waals surface area contributed by atoms with Gasteiger partial charge in [0.2, 0.25) is 11.8 Å². The summed E-state index contributed by atoms with van der Waals surface area (Å²) in [5.41, 5.74) is 1.90. The Morgan fingerprint density at radius 2 is 1.63 bits per heavy atom. The van der Waals surface area contributed by atoms with E-state index in [0.29, 0.717) is 27.7 Å². The standard InChI is InChI=1S/C31H35Cl2N3O4S/c1-3-29(31(38)34-25-9-7-8-10-25)35(20-23-15-16-24(32)19-28(23)33)30(37)21-36(26-17-13-22(2)14-18-26)41(39,40)27-11-5-4-6-12-27/h4-6,11-19,25,29H,3,7-10,20-21H2,1-2H3,(H,34,38). The van der Waals surface area contributed by atoms with Gasteiger partial charge in [-0.05, 0) is 68.1 Å². The molecule has 1 fully saturated rings. The van der Waals surface area contributed by atoms with Crippen LogP contribution in [-0.4, -0.2) is 43.8 Å². The maximum absolute atomic E-state index is 14.2. The summed E-state index contributed by atoms with van der Waals surface area (Å²) in [7, 11) is -4.11. The zero-order valence-electron chi connectivity index (χ0n) is 23.2. The molecule has 0 aromatic heterocycles. The SMILES string of the molecule is CCC(C(=O)NC1CCCC1)N(Cc1ccc(Cl)cc1Cl)C(=O)CN(c1ccc(C)cc1)S(=O)(=O)c1ccccc1. The molecule has 0 bridgehead atoms. The lowest BCUT2D eigenvalue weighted by atomic mass is 10.1. The Hall–Kier alpha value is -3.07. The van der Waals surface area contributed by atoms with E-state index in [4.69, 9.17) is 23.2 Å². The van der Waals surface area contributed by atoms with Crippen LogP contribution < -0.4 is 9.62 Å². The molecule has 1 aliphatic rings. The van der Waals surface area contributed by atoms with Gasteiger partial charge >= 0.3 is 0 Å². The summed E-state index contributed by atoms with van der Waals surface area (Å²) in [6.07, 6.45) is 4.23. The average Bonchev–Trinajstić information content (AvgIpc) is 3.46. The summed E-state index contributed by atoms with van der Waals surface area (Å²) in [5.74, 6) is -0.782. The van der Waals surface area contributed by atoms with Crippen molar-refractivity contribution < 1.29 is 18.0 Å². The van der Waals surface area contributed by atoms with Crippen molar-refractivity contribution in [2.45, 2.75) is 69.5 Å². The molecule has 10 heteroatoms. The van der Waals surface area contributed by atoms with Gasteiger partial charge in [0.1, 0.15) is 12.6 Å². The Balaban J connectivity index is 1.72. The molecule has 0 aliphatic heterocycles. The molecule has 0 radical (unpaired) electrons. The van der Waals surface area contributed by atoms with Gasteiger partial charge in [0, 0.05) is 22.6 Å². The lowest BCUT2D eigenvalue weighted by Crippen LogP contribution is -2.53. The van der Waals surface area contributed by atoms with Gasteiger partial charge in [0.15, 0.2) is 0 Å². The zero-order valence-corrected chi connectivity index (χ0v) is 25.6. The van der Waals surface area contributed by atoms with Crippen LogP contribution in [0.5, 0.6) is 0 Å². The number of nitrogens with zero attached hydrogens (tertiary/aromatic N) is 2. The first kappa shape index (κ1) is 30.9. The number of hydrogen-bond donors (Lipinski definition) is 1. The summed E-state index contributed by atoms with van der Waals surface area (Å²) in [4.78, 5) is 29.2. The fourth-order valence-electron chi connectivity index (χ4n) is 5.08. The molecule has 0 spiro atoms. The molecule has 41 heavy (non-hydrogen) atoms. The van der Waals surface area contributed by atoms with Crippen LogP contribution in [0.25, 0.3) is 0 Å². The van der Waals surface area contributed by atoms with Gasteiger partial charge in [0.05, 0.1) is 10.6 Å². The summed E-state index contributed by atoms with van der Waals surface area (Å²) in [6, 6.07) is 19.1. The van der Waals surface area contributed by atoms with Crippen LogP contribution in [0.2, 0.25) is 10.0 Å². The quantitative estimate of drug-likeness (QED) is 0.272. The highest BCUT2D eigenvalue weighted by atomic mass is 35.5. The van der Waals surface area contributed by atoms with Crippen LogP contribution in [0.3, 0.4) is 0 Å². The van der Waals surface area contributed by atoms with E-state index in [1.165, 1.54) is 17.0 Å². The van der Waals surface area contributed by atoms with E-state index in [-0.39, 0.29) is 23.4 Å². The first-order valence-corrected chi connectivity index (χ1v) is 16.0. The number of halogens is 2. The van der Waals surface area contributed by atoms with Crippen LogP contribution in [0.1, 0.15) is 50.2 Å². The van der Waals surface area contributed by atoms with Gasteiger partial charge in [-0.25, -0.2) is 8.42 Å². The number of carbonyl (C=O) groups is 2. The predicted octanol–water partition coefficient (Wildman–Crippen LogP) is 6.36. The highest BCUT2D eigenvalue weighted by molar-refractivity contribution is 7.92. The lowest BCUT2D eigenvalue weighted by Gasteiger charge is -2.34. The number of hydrogen-bond acceptors (Lipinski definition) is 4. The number of aryl methyl sites for hydroxylation is 1. The largest absolute Gasteiger partial charge is 0.352 e. The van der Waals surface area contributed by atoms with Gasteiger partial charge in [-0.2, -0.15) is 0 Å². The summed E-state index contributed by atoms with van der Waals surface area (Å²) in [5, 5.41) is 3.90. The Morgan fingerprint density at radius 3 is 2.24 bits per heavy atom. The van der Waals surface area contributed by atoms with Crippen molar-refractivity contribution in [2.24, 2.45) is 0 Å². The maximum atomic E-state index is 14.2. The van der Waals surface area contributed by atoms with Gasteiger partial charge in [-0.1, -0.05) is 84.9 Å². The van der Waals surface area contributed by atoms with Crippen molar-refractivity contribution in [3.05, 3.63) is 94.0 Å². The molecule has 2 amide bonds. The number of benzene rings is 3. The third-order valence-corrected chi connectivity index (χ3v) is 9.75. The molecule has 1 N–H and O–H groups in total. The highest BCUT2D eigenvalue weighted by Gasteiger charge is 2.34. The first-order chi connectivity index (χ1) is 19.6. The van der Waals surface area contributed by atoms with E-state index in [2.05, 4.69) is 5.32 Å². The van der Waals surface area contributed by atoms with E-state index < -0.39 is 28.5 Å². The van der Waals surface area contributed by atoms with Crippen LogP contribution in [0.15, 0.2) is 77.7 Å². The normalized spacial score (nSPS) is 14.4. The molecule has 7 nitrogen and oxygen atoms in total. The zero-order chi connectivity index (χ0) is 29.6. The third-order valence-electron chi connectivity index (χ3n) is 7.38. The minimum absolute atomic E-state index is 0.0125. The van der Waals surface area contributed by atoms with Gasteiger partial charge in [0.25, 0.3) is 10.0 Å². The Kier molecular flexibility index (Phi) is 10.3. The Morgan fingerprint density at radius 1 is 0.976 bits per heavy atom. The number of amides is 2. The van der Waals surface area contributed by atoms with Crippen LogP contribution in [0.4, 0.5) is 5.69 Å². The summed E-state index contributed by atoms with van der Waals surface area (Å²) >= 11 is 12.6. The van der Waals surface area contributed by atoms with Crippen LogP contribution in [-0.2, 0) is 26.2 Å². The van der Waals surface area contributed by atoms with Crippen LogP contribution in [0, 0.1) is 6.92 Å². The van der Waals surface area contributed by atoms with Crippen LogP contribution >= 0.6 is 23.2 Å². The van der Waals surface area contributed by atoms with E-state index in [1.54, 1.807) is 60.7 Å². The van der Waals surface area contributed by atoms with E-state index in [9.17, 15) is 18.0 Å². The second kappa shape index (κ2) is 13.7. The second-order valence-electron chi connectivity index (χ2n) is 10.3. The molecule has 4 rings (SSSR count). The number of carbonyl (C=O) groups excluding carboxylic acids is 2. The van der Waals surface area contributed by atoms with Crippen molar-refractivity contribution in [1.29, 1.82) is 0 Å². The molecule has 3 aromatic rings. The number of sulfonamides is 1. The monoisotopic (exact) mass is 615 g/mol. The lowest BCUT2D eigenvalue weighted by molar-refractivity contribution is -0.140. The summed E-state index contributed by atoms with van der Waals surface area (Å²) in [6.45, 7) is 3.25. The minimum Gasteiger partial charge on any atom is -0.352 e. The fraction of sp³-hybridized carbons (Fsp3) is 0.355. The highest BCUT2D eigenvalue weighted by Crippen LogP contribution is 2.27. The van der Waals surface area contributed by atoms with Gasteiger partial charge in [-0.3, -0.25) is 13.9 Å². The van der Waals surface area contributed by atoms with E-state index in [1.807, 2.05) is 13.8 Å². The molecule has 218 valence electrons. The van der Waals surface area contributed by atoms with E-state index in [0.717, 1.165) is 35.6 Å².